The average molecular weight is 276 g/mol. The molecule has 0 aliphatic carbocycles. The molecule has 0 aliphatic rings. The Balaban J connectivity index is 2.74. The van der Waals surface area contributed by atoms with Crippen LogP contribution < -0.4 is 5.73 Å². The van der Waals surface area contributed by atoms with Gasteiger partial charge in [-0.25, -0.2) is 0 Å². The third-order valence-corrected chi connectivity index (χ3v) is 4.34. The van der Waals surface area contributed by atoms with Crippen LogP contribution in [0.4, 0.5) is 5.82 Å². The second kappa shape index (κ2) is 7.35. The molecule has 4 heteroatoms. The van der Waals surface area contributed by atoms with Gasteiger partial charge in [0.25, 0.3) is 0 Å². The molecule has 1 atom stereocenters. The highest BCUT2D eigenvalue weighted by Crippen LogP contribution is 2.29. The van der Waals surface area contributed by atoms with Gasteiger partial charge in [0.15, 0.2) is 0 Å². The van der Waals surface area contributed by atoms with Crippen LogP contribution in [0.25, 0.3) is 0 Å². The van der Waals surface area contributed by atoms with Gasteiger partial charge in [0.05, 0.1) is 5.56 Å². The van der Waals surface area contributed by atoms with Crippen molar-refractivity contribution in [2.45, 2.75) is 53.5 Å². The summed E-state index contributed by atoms with van der Waals surface area (Å²) in [6, 6.07) is 2.56. The number of anilines is 1. The summed E-state index contributed by atoms with van der Waals surface area (Å²) in [4.78, 5) is 2.44. The van der Waals surface area contributed by atoms with Gasteiger partial charge < -0.3 is 15.2 Å². The van der Waals surface area contributed by atoms with Gasteiger partial charge in [0.1, 0.15) is 11.9 Å². The summed E-state index contributed by atoms with van der Waals surface area (Å²) in [7, 11) is 0. The molecule has 0 aromatic carbocycles. The first-order valence-corrected chi connectivity index (χ1v) is 7.57. The van der Waals surface area contributed by atoms with E-state index in [4.69, 9.17) is 5.73 Å². The fraction of sp³-hybridized carbons (Fsp3) is 0.688. The highest BCUT2D eigenvalue weighted by molar-refractivity contribution is 5.58. The fourth-order valence-electron chi connectivity index (χ4n) is 2.84. The number of rotatable bonds is 7. The third-order valence-electron chi connectivity index (χ3n) is 4.34. The van der Waals surface area contributed by atoms with Gasteiger partial charge in [-0.05, 0) is 58.8 Å². The molecule has 2 N–H and O–H groups in total. The van der Waals surface area contributed by atoms with Crippen molar-refractivity contribution in [3.63, 3.8) is 0 Å². The topological polar surface area (TPSA) is 58.0 Å². The van der Waals surface area contributed by atoms with E-state index in [-0.39, 0.29) is 0 Å². The van der Waals surface area contributed by atoms with E-state index in [0.717, 1.165) is 43.7 Å². The van der Waals surface area contributed by atoms with Crippen molar-refractivity contribution in [1.82, 2.24) is 9.47 Å². The van der Waals surface area contributed by atoms with Crippen LogP contribution in [0.3, 0.4) is 0 Å². The van der Waals surface area contributed by atoms with E-state index in [9.17, 15) is 5.26 Å². The number of nitrogens with two attached hydrogens (primary N) is 1. The smallest absolute Gasteiger partial charge is 0.122 e. The van der Waals surface area contributed by atoms with Crippen LogP contribution in [-0.4, -0.2) is 29.1 Å². The molecule has 4 nitrogen and oxygen atoms in total. The SMILES string of the molecule is CCN(CC)CCCC(C)n1c(C)c(C)c(C#N)c1N. The van der Waals surface area contributed by atoms with Gasteiger partial charge >= 0.3 is 0 Å². The summed E-state index contributed by atoms with van der Waals surface area (Å²) < 4.78 is 2.12. The largest absolute Gasteiger partial charge is 0.384 e. The predicted molar refractivity (Wildman–Crippen MR) is 84.8 cm³/mol. The molecule has 0 bridgehead atoms. The summed E-state index contributed by atoms with van der Waals surface area (Å²) in [5.74, 6) is 0.623. The quantitative estimate of drug-likeness (QED) is 0.831. The Kier molecular flexibility index (Phi) is 6.09. The second-order valence-corrected chi connectivity index (χ2v) is 5.47. The fourth-order valence-corrected chi connectivity index (χ4v) is 2.84. The zero-order valence-corrected chi connectivity index (χ0v) is 13.5. The molecule has 0 amide bonds. The molecule has 0 spiro atoms. The third kappa shape index (κ3) is 3.34. The molecule has 1 aromatic rings. The Labute approximate surface area is 123 Å². The van der Waals surface area contributed by atoms with Gasteiger partial charge in [-0.2, -0.15) is 5.26 Å². The van der Waals surface area contributed by atoms with Crippen molar-refractivity contribution in [2.24, 2.45) is 0 Å². The normalized spacial score (nSPS) is 12.7. The maximum atomic E-state index is 9.18. The second-order valence-electron chi connectivity index (χ2n) is 5.47. The summed E-state index contributed by atoms with van der Waals surface area (Å²) in [6.07, 6.45) is 2.24. The number of aromatic nitrogens is 1. The molecule has 112 valence electrons. The van der Waals surface area contributed by atoms with Crippen molar-refractivity contribution < 1.29 is 0 Å². The summed E-state index contributed by atoms with van der Waals surface area (Å²) >= 11 is 0. The lowest BCUT2D eigenvalue weighted by Crippen LogP contribution is -2.24. The molecular formula is C16H28N4. The highest BCUT2D eigenvalue weighted by Gasteiger charge is 2.18. The predicted octanol–water partition coefficient (Wildman–Crippen LogP) is 3.24. The molecular weight excluding hydrogens is 248 g/mol. The Morgan fingerprint density at radius 3 is 2.35 bits per heavy atom. The van der Waals surface area contributed by atoms with E-state index < -0.39 is 0 Å². The Bertz CT molecular complexity index is 478. The molecule has 20 heavy (non-hydrogen) atoms. The lowest BCUT2D eigenvalue weighted by molar-refractivity contribution is 0.288. The molecule has 0 saturated heterocycles. The van der Waals surface area contributed by atoms with Crippen LogP contribution in [-0.2, 0) is 0 Å². The van der Waals surface area contributed by atoms with E-state index in [1.807, 2.05) is 13.8 Å². The Morgan fingerprint density at radius 1 is 1.30 bits per heavy atom. The molecule has 1 heterocycles. The van der Waals surface area contributed by atoms with E-state index in [0.29, 0.717) is 17.4 Å². The first-order chi connectivity index (χ1) is 9.47. The van der Waals surface area contributed by atoms with E-state index >= 15 is 0 Å². The minimum Gasteiger partial charge on any atom is -0.384 e. The molecule has 1 rings (SSSR count). The zero-order chi connectivity index (χ0) is 15.3. The number of hydrogen-bond donors (Lipinski definition) is 1. The first-order valence-electron chi connectivity index (χ1n) is 7.57. The van der Waals surface area contributed by atoms with Crippen LogP contribution >= 0.6 is 0 Å². The molecule has 1 aromatic heterocycles. The van der Waals surface area contributed by atoms with Gasteiger partial charge in [0, 0.05) is 11.7 Å². The standard InChI is InChI=1S/C16H28N4/c1-6-19(7-2)10-8-9-12(3)20-14(5)13(4)15(11-17)16(20)18/h12H,6-10,18H2,1-5H3. The van der Waals surface area contributed by atoms with Gasteiger partial charge in [0.2, 0.25) is 0 Å². The van der Waals surface area contributed by atoms with E-state index in [1.54, 1.807) is 0 Å². The number of nitriles is 1. The minimum absolute atomic E-state index is 0.339. The number of nitrogen functional groups attached to an aromatic ring is 1. The van der Waals surface area contributed by atoms with Crippen molar-refractivity contribution in [3.8, 4) is 6.07 Å². The molecule has 1 unspecified atom stereocenters. The van der Waals surface area contributed by atoms with E-state index in [2.05, 4.69) is 36.3 Å². The van der Waals surface area contributed by atoms with Crippen LogP contribution in [0.15, 0.2) is 0 Å². The summed E-state index contributed by atoms with van der Waals surface area (Å²) in [6.45, 7) is 13.9. The van der Waals surface area contributed by atoms with Crippen molar-refractivity contribution in [2.75, 3.05) is 25.4 Å². The molecule has 0 radical (unpaired) electrons. The Hall–Kier alpha value is -1.47. The van der Waals surface area contributed by atoms with Gasteiger partial charge in [-0.3, -0.25) is 0 Å². The van der Waals surface area contributed by atoms with Gasteiger partial charge in [-0.1, -0.05) is 13.8 Å². The van der Waals surface area contributed by atoms with Crippen LogP contribution in [0.2, 0.25) is 0 Å². The lowest BCUT2D eigenvalue weighted by atomic mass is 10.1. The zero-order valence-electron chi connectivity index (χ0n) is 13.5. The summed E-state index contributed by atoms with van der Waals surface area (Å²) in [5.41, 5.74) is 8.90. The highest BCUT2D eigenvalue weighted by atomic mass is 15.1. The Morgan fingerprint density at radius 2 is 1.90 bits per heavy atom. The molecule has 0 fully saturated rings. The van der Waals surface area contributed by atoms with Gasteiger partial charge in [-0.15, -0.1) is 0 Å². The summed E-state index contributed by atoms with van der Waals surface area (Å²) in [5, 5.41) is 9.18. The van der Waals surface area contributed by atoms with Crippen LogP contribution in [0, 0.1) is 25.2 Å². The van der Waals surface area contributed by atoms with Crippen molar-refractivity contribution >= 4 is 5.82 Å². The first kappa shape index (κ1) is 16.6. The maximum absolute atomic E-state index is 9.18. The monoisotopic (exact) mass is 276 g/mol. The van der Waals surface area contributed by atoms with Crippen molar-refractivity contribution in [3.05, 3.63) is 16.8 Å². The average Bonchev–Trinajstić information content (AvgIpc) is 2.65. The van der Waals surface area contributed by atoms with Crippen LogP contribution in [0.5, 0.6) is 0 Å². The van der Waals surface area contributed by atoms with Crippen molar-refractivity contribution in [1.29, 1.82) is 5.26 Å². The lowest BCUT2D eigenvalue weighted by Gasteiger charge is -2.21. The molecule has 0 aliphatic heterocycles. The number of hydrogen-bond acceptors (Lipinski definition) is 3. The number of nitrogens with zero attached hydrogens (tertiary/aromatic N) is 3. The minimum atomic E-state index is 0.339. The molecule has 0 saturated carbocycles. The maximum Gasteiger partial charge on any atom is 0.122 e. The van der Waals surface area contributed by atoms with E-state index in [1.165, 1.54) is 0 Å². The van der Waals surface area contributed by atoms with Crippen LogP contribution in [0.1, 0.15) is 56.5 Å².